The second kappa shape index (κ2) is 7.88. The van der Waals surface area contributed by atoms with Gasteiger partial charge >= 0.3 is 18.4 Å². The first-order valence-corrected chi connectivity index (χ1v) is 8.61. The Morgan fingerprint density at radius 3 is 2.52 bits per heavy atom. The molecule has 1 aromatic heterocycles. The van der Waals surface area contributed by atoms with Crippen LogP contribution in [0.2, 0.25) is 0 Å². The number of ether oxygens (including phenoxy) is 2. The minimum absolute atomic E-state index is 0.260. The first-order chi connectivity index (χ1) is 13.1. The Balaban J connectivity index is 2.18. The minimum Gasteiger partial charge on any atom is -0.444 e. The van der Waals surface area contributed by atoms with Crippen molar-refractivity contribution in [2.75, 3.05) is 18.4 Å². The maximum Gasteiger partial charge on any atom is 0.417 e. The molecule has 2 heterocycles. The molecular weight excluding hydrogens is 408 g/mol. The van der Waals surface area contributed by atoms with Crippen LogP contribution in [0.15, 0.2) is 12.3 Å². The van der Waals surface area contributed by atoms with Crippen molar-refractivity contribution in [2.45, 2.75) is 57.7 Å². The molecule has 2 atom stereocenters. The van der Waals surface area contributed by atoms with Gasteiger partial charge in [0.05, 0.1) is 17.7 Å². The number of alkyl halides is 5. The molecule has 12 heteroatoms. The third kappa shape index (κ3) is 6.12. The van der Waals surface area contributed by atoms with Crippen molar-refractivity contribution < 1.29 is 40.6 Å². The molecule has 0 saturated carbocycles. The van der Waals surface area contributed by atoms with Crippen molar-refractivity contribution >= 4 is 11.9 Å². The maximum atomic E-state index is 14.0. The summed E-state index contributed by atoms with van der Waals surface area (Å²) in [6, 6.07) is -0.761. The van der Waals surface area contributed by atoms with Gasteiger partial charge in [-0.05, 0) is 33.8 Å². The number of hydrogen-bond donors (Lipinski definition) is 1. The molecule has 1 aromatic rings. The van der Waals surface area contributed by atoms with E-state index in [0.717, 1.165) is 4.90 Å². The minimum atomic E-state index is -4.77. The third-order valence-electron chi connectivity index (χ3n) is 3.93. The number of hydrogen-bond acceptors (Lipinski definition) is 5. The van der Waals surface area contributed by atoms with Crippen LogP contribution in [0.25, 0.3) is 0 Å². The Labute approximate surface area is 163 Å². The molecule has 6 nitrogen and oxygen atoms in total. The van der Waals surface area contributed by atoms with Crippen molar-refractivity contribution in [1.29, 1.82) is 0 Å². The monoisotopic (exact) mass is 429 g/mol. The van der Waals surface area contributed by atoms with E-state index < -0.39 is 59.9 Å². The highest BCUT2D eigenvalue weighted by Crippen LogP contribution is 2.32. The normalized spacial score (nSPS) is 22.3. The average molecular weight is 429 g/mol. The highest BCUT2D eigenvalue weighted by molar-refractivity contribution is 5.69. The first-order valence-electron chi connectivity index (χ1n) is 8.61. The van der Waals surface area contributed by atoms with Crippen LogP contribution in [0.3, 0.4) is 0 Å². The van der Waals surface area contributed by atoms with Crippen molar-refractivity contribution in [1.82, 2.24) is 9.88 Å². The lowest BCUT2D eigenvalue weighted by Gasteiger charge is -2.43. The van der Waals surface area contributed by atoms with Gasteiger partial charge < -0.3 is 14.8 Å². The molecule has 2 rings (SSSR count). The third-order valence-corrected chi connectivity index (χ3v) is 3.93. The second-order valence-corrected chi connectivity index (χ2v) is 7.57. The molecule has 29 heavy (non-hydrogen) atoms. The molecule has 164 valence electrons. The molecule has 1 amide bonds. The molecule has 0 radical (unpaired) electrons. The fourth-order valence-corrected chi connectivity index (χ4v) is 2.68. The second-order valence-electron chi connectivity index (χ2n) is 7.57. The smallest absolute Gasteiger partial charge is 0.417 e. The van der Waals surface area contributed by atoms with Gasteiger partial charge in [-0.2, -0.15) is 22.0 Å². The van der Waals surface area contributed by atoms with Crippen molar-refractivity contribution in [2.24, 2.45) is 0 Å². The number of carbonyl (C=O) groups is 1. The number of anilines is 1. The van der Waals surface area contributed by atoms with Gasteiger partial charge in [-0.25, -0.2) is 14.2 Å². The van der Waals surface area contributed by atoms with E-state index in [1.165, 1.54) is 6.92 Å². The Morgan fingerprint density at radius 2 is 2.00 bits per heavy atom. The van der Waals surface area contributed by atoms with Crippen molar-refractivity contribution in [3.63, 3.8) is 0 Å². The van der Waals surface area contributed by atoms with E-state index in [0.29, 0.717) is 6.20 Å². The Morgan fingerprint density at radius 1 is 1.38 bits per heavy atom. The number of halogens is 6. The predicted molar refractivity (Wildman–Crippen MR) is 89.9 cm³/mol. The van der Waals surface area contributed by atoms with E-state index >= 15 is 0 Å². The molecular formula is C17H21F6N3O3. The number of morpholine rings is 1. The zero-order chi connectivity index (χ0) is 22.2. The average Bonchev–Trinajstić information content (AvgIpc) is 2.51. The summed E-state index contributed by atoms with van der Waals surface area (Å²) in [6.45, 7) is 4.55. The number of rotatable bonds is 3. The number of amides is 1. The summed E-state index contributed by atoms with van der Waals surface area (Å²) in [7, 11) is 0. The zero-order valence-corrected chi connectivity index (χ0v) is 16.1. The Hall–Kier alpha value is -2.24. The summed E-state index contributed by atoms with van der Waals surface area (Å²) < 4.78 is 89.1. The van der Waals surface area contributed by atoms with Crippen LogP contribution in [0.4, 0.5) is 37.0 Å². The summed E-state index contributed by atoms with van der Waals surface area (Å²) in [6.07, 6.45) is -10.2. The maximum absolute atomic E-state index is 14.0. The van der Waals surface area contributed by atoms with Crippen LogP contribution in [-0.4, -0.2) is 52.9 Å². The quantitative estimate of drug-likeness (QED) is 0.728. The molecule has 1 aliphatic rings. The van der Waals surface area contributed by atoms with Crippen LogP contribution >= 0.6 is 0 Å². The van der Waals surface area contributed by atoms with E-state index in [1.807, 2.05) is 0 Å². The van der Waals surface area contributed by atoms with Gasteiger partial charge in [0.1, 0.15) is 12.1 Å². The zero-order valence-electron chi connectivity index (χ0n) is 16.1. The van der Waals surface area contributed by atoms with Crippen LogP contribution in [0, 0.1) is 5.82 Å². The summed E-state index contributed by atoms with van der Waals surface area (Å²) in [5.41, 5.74) is -2.22. The van der Waals surface area contributed by atoms with Gasteiger partial charge in [-0.3, -0.25) is 4.90 Å². The molecule has 0 bridgehead atoms. The standard InChI is InChI=1S/C17H21F6N3O3/c1-9-12(7-25-13-11(18)5-10(6-24-13)17(21,22)23)26(8-16(19,20)28-9)14(27)29-15(2,3)4/h5-6,9,12H,7-8H2,1-4H3,(H,24,25)/t9-,12+/m0/s1. The van der Waals surface area contributed by atoms with Crippen LogP contribution in [0.1, 0.15) is 33.3 Å². The van der Waals surface area contributed by atoms with E-state index in [9.17, 15) is 31.1 Å². The van der Waals surface area contributed by atoms with E-state index in [-0.39, 0.29) is 12.6 Å². The SMILES string of the molecule is C[C@@H]1OC(F)(F)CN(C(=O)OC(C)(C)C)[C@@H]1CNc1ncc(C(F)(F)F)cc1F. The molecule has 1 N–H and O–H groups in total. The fourth-order valence-electron chi connectivity index (χ4n) is 2.68. The lowest BCUT2D eigenvalue weighted by Crippen LogP contribution is -2.61. The van der Waals surface area contributed by atoms with Gasteiger partial charge in [0.2, 0.25) is 0 Å². The molecule has 1 fully saturated rings. The van der Waals surface area contributed by atoms with Crippen LogP contribution in [-0.2, 0) is 15.7 Å². The summed E-state index contributed by atoms with van der Waals surface area (Å²) in [4.78, 5) is 16.5. The van der Waals surface area contributed by atoms with Crippen LogP contribution in [0.5, 0.6) is 0 Å². The van der Waals surface area contributed by atoms with E-state index in [4.69, 9.17) is 4.74 Å². The van der Waals surface area contributed by atoms with Crippen molar-refractivity contribution in [3.05, 3.63) is 23.6 Å². The number of carbonyl (C=O) groups excluding carboxylic acids is 1. The molecule has 0 spiro atoms. The number of aromatic nitrogens is 1. The number of pyridine rings is 1. The molecule has 0 unspecified atom stereocenters. The van der Waals surface area contributed by atoms with Crippen LogP contribution < -0.4 is 5.32 Å². The lowest BCUT2D eigenvalue weighted by molar-refractivity contribution is -0.300. The van der Waals surface area contributed by atoms with Gasteiger partial charge in [-0.15, -0.1) is 0 Å². The number of nitrogens with one attached hydrogen (secondary N) is 1. The molecule has 0 aromatic carbocycles. The van der Waals surface area contributed by atoms with Crippen molar-refractivity contribution in [3.8, 4) is 0 Å². The van der Waals surface area contributed by atoms with Gasteiger partial charge in [-0.1, -0.05) is 0 Å². The van der Waals surface area contributed by atoms with E-state index in [2.05, 4.69) is 15.0 Å². The first kappa shape index (κ1) is 23.0. The number of nitrogens with zero attached hydrogens (tertiary/aromatic N) is 2. The fraction of sp³-hybridized carbons (Fsp3) is 0.647. The van der Waals surface area contributed by atoms with Gasteiger partial charge in [0.25, 0.3) is 0 Å². The highest BCUT2D eigenvalue weighted by atomic mass is 19.4. The Bertz CT molecular complexity index is 751. The Kier molecular flexibility index (Phi) is 6.26. The molecule has 1 aliphatic heterocycles. The van der Waals surface area contributed by atoms with Gasteiger partial charge in [0, 0.05) is 12.7 Å². The molecule has 0 aliphatic carbocycles. The lowest BCUT2D eigenvalue weighted by atomic mass is 10.1. The van der Waals surface area contributed by atoms with E-state index in [1.54, 1.807) is 20.8 Å². The summed E-state index contributed by atoms with van der Waals surface area (Å²) in [5.74, 6) is -1.80. The largest absolute Gasteiger partial charge is 0.444 e. The highest BCUT2D eigenvalue weighted by Gasteiger charge is 2.48. The summed E-state index contributed by atoms with van der Waals surface area (Å²) >= 11 is 0. The molecule has 1 saturated heterocycles. The topological polar surface area (TPSA) is 63.7 Å². The van der Waals surface area contributed by atoms with Gasteiger partial charge in [0.15, 0.2) is 11.6 Å². The summed E-state index contributed by atoms with van der Waals surface area (Å²) in [5, 5.41) is 2.44. The predicted octanol–water partition coefficient (Wildman–Crippen LogP) is 4.27.